The van der Waals surface area contributed by atoms with E-state index in [4.69, 9.17) is 0 Å². The molecule has 0 aromatic carbocycles. The first kappa shape index (κ1) is 19.0. The van der Waals surface area contributed by atoms with Crippen LogP contribution in [0.2, 0.25) is 0 Å². The Kier molecular flexibility index (Phi) is 5.27. The summed E-state index contributed by atoms with van der Waals surface area (Å²) in [6, 6.07) is 7.64. The highest BCUT2D eigenvalue weighted by molar-refractivity contribution is 7.09. The van der Waals surface area contributed by atoms with Crippen LogP contribution >= 0.6 is 11.3 Å². The number of hydrogen-bond acceptors (Lipinski definition) is 5. The molecule has 1 aliphatic heterocycles. The number of rotatable bonds is 6. The summed E-state index contributed by atoms with van der Waals surface area (Å²) >= 11 is 1.60. The fourth-order valence-electron chi connectivity index (χ4n) is 2.98. The average Bonchev–Trinajstić information content (AvgIpc) is 3.20. The van der Waals surface area contributed by atoms with E-state index >= 15 is 0 Å². The maximum atomic E-state index is 12.8. The van der Waals surface area contributed by atoms with Gasteiger partial charge in [0.25, 0.3) is 5.91 Å². The lowest BCUT2D eigenvalue weighted by atomic mass is 10.1. The van der Waals surface area contributed by atoms with Gasteiger partial charge in [0, 0.05) is 17.5 Å². The first-order valence-electron chi connectivity index (χ1n) is 8.69. The van der Waals surface area contributed by atoms with Crippen molar-refractivity contribution in [1.82, 2.24) is 20.5 Å². The van der Waals surface area contributed by atoms with Crippen molar-refractivity contribution in [3.05, 3.63) is 52.5 Å². The second-order valence-electron chi connectivity index (χ2n) is 7.01. The molecule has 142 valence electrons. The van der Waals surface area contributed by atoms with Crippen LogP contribution in [0, 0.1) is 0 Å². The van der Waals surface area contributed by atoms with Crippen molar-refractivity contribution in [3.63, 3.8) is 0 Å². The minimum atomic E-state index is -1.01. The van der Waals surface area contributed by atoms with Crippen LogP contribution in [0.25, 0.3) is 0 Å². The summed E-state index contributed by atoms with van der Waals surface area (Å²) in [6.07, 6.45) is 2.26. The van der Waals surface area contributed by atoms with Gasteiger partial charge in [-0.15, -0.1) is 11.3 Å². The van der Waals surface area contributed by atoms with Gasteiger partial charge in [0.2, 0.25) is 5.91 Å². The Morgan fingerprint density at radius 1 is 1.30 bits per heavy atom. The molecule has 1 fully saturated rings. The van der Waals surface area contributed by atoms with Crippen molar-refractivity contribution >= 4 is 29.2 Å². The molecule has 3 heterocycles. The van der Waals surface area contributed by atoms with Crippen molar-refractivity contribution in [2.24, 2.45) is 0 Å². The lowest BCUT2D eigenvalue weighted by molar-refractivity contribution is -0.137. The van der Waals surface area contributed by atoms with Gasteiger partial charge < -0.3 is 10.6 Å². The van der Waals surface area contributed by atoms with Crippen LogP contribution < -0.4 is 10.6 Å². The van der Waals surface area contributed by atoms with Crippen molar-refractivity contribution < 1.29 is 14.4 Å². The van der Waals surface area contributed by atoms with Gasteiger partial charge in [0.15, 0.2) is 0 Å². The standard InChI is InChI=1S/C19H22N4O3S/c1-12(23-17(25)19(2,3)22-18(23)26)16(24)21-15(11-13-7-6-10-27-13)14-8-4-5-9-20-14/h4-10,12,15H,11H2,1-3H3,(H,21,24)(H,22,26)/t12-,15+/m1/s1. The molecule has 1 aliphatic rings. The van der Waals surface area contributed by atoms with Crippen LogP contribution in [0.3, 0.4) is 0 Å². The van der Waals surface area contributed by atoms with Crippen molar-refractivity contribution in [2.45, 2.75) is 44.8 Å². The molecule has 0 bridgehead atoms. The Morgan fingerprint density at radius 3 is 2.63 bits per heavy atom. The number of thiophene rings is 1. The Balaban J connectivity index is 1.78. The number of hydrogen-bond donors (Lipinski definition) is 2. The normalized spacial score (nSPS) is 18.1. The Bertz CT molecular complexity index is 836. The van der Waals surface area contributed by atoms with Crippen LogP contribution in [0.4, 0.5) is 4.79 Å². The smallest absolute Gasteiger partial charge is 0.325 e. The zero-order valence-electron chi connectivity index (χ0n) is 15.4. The predicted molar refractivity (Wildman–Crippen MR) is 102 cm³/mol. The van der Waals surface area contributed by atoms with E-state index < -0.39 is 29.4 Å². The molecule has 0 aliphatic carbocycles. The van der Waals surface area contributed by atoms with Gasteiger partial charge in [-0.05, 0) is 44.4 Å². The van der Waals surface area contributed by atoms with Crippen LogP contribution in [0.1, 0.15) is 37.4 Å². The van der Waals surface area contributed by atoms with Crippen LogP contribution in [0.5, 0.6) is 0 Å². The van der Waals surface area contributed by atoms with Crippen LogP contribution in [0.15, 0.2) is 41.9 Å². The number of nitrogens with one attached hydrogen (secondary N) is 2. The molecule has 0 unspecified atom stereocenters. The van der Waals surface area contributed by atoms with E-state index in [-0.39, 0.29) is 6.04 Å². The Morgan fingerprint density at radius 2 is 2.07 bits per heavy atom. The maximum Gasteiger partial charge on any atom is 0.325 e. The van der Waals surface area contributed by atoms with E-state index in [1.165, 1.54) is 0 Å². The van der Waals surface area contributed by atoms with E-state index in [2.05, 4.69) is 15.6 Å². The fourth-order valence-corrected chi connectivity index (χ4v) is 3.73. The zero-order chi connectivity index (χ0) is 19.6. The molecule has 7 nitrogen and oxygen atoms in total. The van der Waals surface area contributed by atoms with Gasteiger partial charge >= 0.3 is 6.03 Å². The number of amides is 4. The van der Waals surface area contributed by atoms with E-state index in [0.29, 0.717) is 6.42 Å². The van der Waals surface area contributed by atoms with Crippen LogP contribution in [-0.2, 0) is 16.0 Å². The summed E-state index contributed by atoms with van der Waals surface area (Å²) in [5.74, 6) is -0.814. The first-order chi connectivity index (χ1) is 12.8. The molecular weight excluding hydrogens is 364 g/mol. The Hall–Kier alpha value is -2.74. The summed E-state index contributed by atoms with van der Waals surface area (Å²) in [7, 11) is 0. The number of urea groups is 1. The average molecular weight is 386 g/mol. The SMILES string of the molecule is C[C@H](C(=O)N[C@@H](Cc1cccs1)c1ccccn1)N1C(=O)NC(C)(C)C1=O. The molecule has 3 rings (SSSR count). The number of pyridine rings is 1. The molecule has 27 heavy (non-hydrogen) atoms. The summed E-state index contributed by atoms with van der Waals surface area (Å²) in [6.45, 7) is 4.78. The third-order valence-electron chi connectivity index (χ3n) is 4.51. The molecule has 8 heteroatoms. The summed E-state index contributed by atoms with van der Waals surface area (Å²) in [5, 5.41) is 7.52. The largest absolute Gasteiger partial charge is 0.346 e. The predicted octanol–water partition coefficient (Wildman–Crippen LogP) is 2.26. The van der Waals surface area contributed by atoms with Gasteiger partial charge in [-0.25, -0.2) is 9.69 Å². The van der Waals surface area contributed by atoms with E-state index in [1.807, 2.05) is 35.7 Å². The van der Waals surface area contributed by atoms with Crippen molar-refractivity contribution in [2.75, 3.05) is 0 Å². The van der Waals surface area contributed by atoms with E-state index in [1.54, 1.807) is 38.3 Å². The third kappa shape index (κ3) is 4.00. The molecule has 4 amide bonds. The fraction of sp³-hybridized carbons (Fsp3) is 0.368. The molecule has 0 radical (unpaired) electrons. The topological polar surface area (TPSA) is 91.4 Å². The monoisotopic (exact) mass is 386 g/mol. The molecule has 2 atom stereocenters. The van der Waals surface area contributed by atoms with Gasteiger partial charge in [-0.3, -0.25) is 14.6 Å². The second kappa shape index (κ2) is 7.48. The van der Waals surface area contributed by atoms with Gasteiger partial charge in [-0.1, -0.05) is 12.1 Å². The molecule has 2 N–H and O–H groups in total. The van der Waals surface area contributed by atoms with Gasteiger partial charge in [-0.2, -0.15) is 0 Å². The third-order valence-corrected chi connectivity index (χ3v) is 5.40. The zero-order valence-corrected chi connectivity index (χ0v) is 16.2. The molecule has 0 spiro atoms. The summed E-state index contributed by atoms with van der Waals surface area (Å²) in [4.78, 5) is 43.9. The minimum absolute atomic E-state index is 0.353. The highest BCUT2D eigenvalue weighted by atomic mass is 32.1. The second-order valence-corrected chi connectivity index (χ2v) is 8.04. The van der Waals surface area contributed by atoms with E-state index in [0.717, 1.165) is 15.5 Å². The van der Waals surface area contributed by atoms with Crippen molar-refractivity contribution in [3.8, 4) is 0 Å². The number of carbonyl (C=O) groups excluding carboxylic acids is 3. The molecule has 2 aromatic rings. The van der Waals surface area contributed by atoms with Crippen molar-refractivity contribution in [1.29, 1.82) is 0 Å². The highest BCUT2D eigenvalue weighted by Crippen LogP contribution is 2.22. The number of nitrogens with zero attached hydrogens (tertiary/aromatic N) is 2. The minimum Gasteiger partial charge on any atom is -0.346 e. The number of carbonyl (C=O) groups is 3. The maximum absolute atomic E-state index is 12.8. The number of imide groups is 1. The molecule has 2 aromatic heterocycles. The lowest BCUT2D eigenvalue weighted by Gasteiger charge is -2.25. The highest BCUT2D eigenvalue weighted by Gasteiger charge is 2.48. The lowest BCUT2D eigenvalue weighted by Crippen LogP contribution is -2.50. The summed E-state index contributed by atoms with van der Waals surface area (Å²) < 4.78 is 0. The molecule has 1 saturated heterocycles. The Labute approximate surface area is 161 Å². The van der Waals surface area contributed by atoms with Crippen LogP contribution in [-0.4, -0.2) is 39.3 Å². The first-order valence-corrected chi connectivity index (χ1v) is 9.57. The quantitative estimate of drug-likeness (QED) is 0.745. The molecule has 0 saturated carbocycles. The van der Waals surface area contributed by atoms with Gasteiger partial charge in [0.1, 0.15) is 11.6 Å². The number of aromatic nitrogens is 1. The van der Waals surface area contributed by atoms with E-state index in [9.17, 15) is 14.4 Å². The van der Waals surface area contributed by atoms with Gasteiger partial charge in [0.05, 0.1) is 11.7 Å². The summed E-state index contributed by atoms with van der Waals surface area (Å²) in [5.41, 5.74) is -0.285. The molecular formula is C19H22N4O3S.